The molecule has 0 saturated heterocycles. The van der Waals surface area contributed by atoms with Crippen molar-refractivity contribution in [2.75, 3.05) is 0 Å². The van der Waals surface area contributed by atoms with Crippen LogP contribution in [0.3, 0.4) is 0 Å². The fourth-order valence-corrected chi connectivity index (χ4v) is 0. The Bertz CT molecular complexity index is 87.7. The minimum atomic E-state index is -0.0694. The maximum Gasteiger partial charge on any atom is 0.0521 e. The highest BCUT2D eigenvalue weighted by molar-refractivity contribution is 8.00. The smallest absolute Gasteiger partial charge is 0.0521 e. The van der Waals surface area contributed by atoms with Crippen LogP contribution in [0.1, 0.15) is 34.1 Å². The van der Waals surface area contributed by atoms with Gasteiger partial charge in [0.15, 0.2) is 0 Å². The van der Waals surface area contributed by atoms with Gasteiger partial charge in [-0.2, -0.15) is 50.5 Å². The molecule has 0 heterocycles. The van der Waals surface area contributed by atoms with Gasteiger partial charge in [0.2, 0.25) is 0 Å². The zero-order chi connectivity index (χ0) is 10.4. The van der Waals surface area contributed by atoms with E-state index < -0.39 is 0 Å². The molecule has 0 aliphatic carbocycles. The Morgan fingerprint density at radius 1 is 1.08 bits per heavy atom. The monoisotopic (exact) mass is 244 g/mol. The second-order valence-corrected chi connectivity index (χ2v) is 7.01. The van der Waals surface area contributed by atoms with Gasteiger partial charge in [-0.05, 0) is 13.3 Å². The van der Waals surface area contributed by atoms with Gasteiger partial charge in [-0.1, -0.05) is 20.8 Å². The van der Waals surface area contributed by atoms with E-state index in [4.69, 9.17) is 0 Å². The van der Waals surface area contributed by atoms with Crippen LogP contribution in [0.25, 0.3) is 0 Å². The highest BCUT2D eigenvalue weighted by atomic mass is 32.2. The summed E-state index contributed by atoms with van der Waals surface area (Å²) in [5.74, 6) is 0. The Labute approximate surface area is 98.9 Å². The van der Waals surface area contributed by atoms with E-state index in [-0.39, 0.29) is 4.08 Å². The van der Waals surface area contributed by atoms with Crippen LogP contribution < -0.4 is 0 Å². The Hall–Kier alpha value is 1.40. The van der Waals surface area contributed by atoms with Crippen molar-refractivity contribution in [1.29, 1.82) is 0 Å². The van der Waals surface area contributed by atoms with Crippen LogP contribution in [-0.2, 0) is 0 Å². The maximum atomic E-state index is 4.12. The summed E-state index contributed by atoms with van der Waals surface area (Å²) >= 11 is 16.5. The second-order valence-electron chi connectivity index (χ2n) is 3.05. The zero-order valence-corrected chi connectivity index (χ0v) is 11.7. The van der Waals surface area contributed by atoms with Crippen molar-refractivity contribution in [2.45, 2.75) is 48.7 Å². The molecule has 0 saturated carbocycles. The van der Waals surface area contributed by atoms with E-state index in [1.165, 1.54) is 0 Å². The summed E-state index contributed by atoms with van der Waals surface area (Å²) in [5, 5.41) is 0.821. The third-order valence-corrected chi connectivity index (χ3v) is 3.13. The molecule has 0 N–H and O–H groups in total. The Morgan fingerprint density at radius 3 is 1.25 bits per heavy atom. The van der Waals surface area contributed by atoms with Gasteiger partial charge in [0, 0.05) is 10.5 Å². The molecule has 0 fully saturated rings. The van der Waals surface area contributed by atoms with Crippen LogP contribution in [0.5, 0.6) is 0 Å². The van der Waals surface area contributed by atoms with Crippen LogP contribution in [0.2, 0.25) is 0 Å². The first-order valence-corrected chi connectivity index (χ1v) is 5.94. The molecule has 76 valence electrons. The van der Waals surface area contributed by atoms with Crippen molar-refractivity contribution in [2.24, 2.45) is 0 Å². The highest BCUT2D eigenvalue weighted by Crippen LogP contribution is 2.21. The van der Waals surface area contributed by atoms with Gasteiger partial charge in [0.1, 0.15) is 0 Å². The van der Waals surface area contributed by atoms with Gasteiger partial charge in [-0.25, -0.2) is 0 Å². The van der Waals surface area contributed by atoms with E-state index >= 15 is 0 Å². The van der Waals surface area contributed by atoms with Gasteiger partial charge in [-0.15, -0.1) is 0 Å². The lowest BCUT2D eigenvalue weighted by Gasteiger charge is -2.10. The number of hydrogen-bond acceptors (Lipinski definition) is 4. The van der Waals surface area contributed by atoms with Gasteiger partial charge in [0.05, 0.1) is 4.08 Å². The highest BCUT2D eigenvalue weighted by Gasteiger charge is 2.06. The van der Waals surface area contributed by atoms with E-state index in [9.17, 15) is 0 Å². The van der Waals surface area contributed by atoms with Gasteiger partial charge in [-0.3, -0.25) is 0 Å². The lowest BCUT2D eigenvalue weighted by atomic mass is 10.4. The Kier molecular flexibility index (Phi) is 10.3. The van der Waals surface area contributed by atoms with Crippen LogP contribution >= 0.6 is 50.5 Å². The van der Waals surface area contributed by atoms with Crippen LogP contribution in [0.15, 0.2) is 0 Å². The lowest BCUT2D eigenvalue weighted by molar-refractivity contribution is 0.860. The average molecular weight is 245 g/mol. The fraction of sp³-hybridized carbons (Fsp3) is 1.00. The number of hydrogen-bond donors (Lipinski definition) is 4. The summed E-state index contributed by atoms with van der Waals surface area (Å²) in [7, 11) is 0. The van der Waals surface area contributed by atoms with Gasteiger partial charge < -0.3 is 0 Å². The van der Waals surface area contributed by atoms with E-state index in [0.29, 0.717) is 10.5 Å². The molecule has 2 unspecified atom stereocenters. The van der Waals surface area contributed by atoms with Crippen molar-refractivity contribution in [3.8, 4) is 0 Å². The molecule has 0 nitrogen and oxygen atoms in total. The van der Waals surface area contributed by atoms with Crippen LogP contribution in [0.4, 0.5) is 0 Å². The summed E-state index contributed by atoms with van der Waals surface area (Å²) in [4.78, 5) is 0. The molecular formula is C8H20S4. The molecule has 0 amide bonds. The first-order valence-electron chi connectivity index (χ1n) is 4.01. The predicted molar refractivity (Wildman–Crippen MR) is 73.6 cm³/mol. The maximum absolute atomic E-state index is 4.12. The quantitative estimate of drug-likeness (QED) is 0.414. The first-order chi connectivity index (χ1) is 5.20. The normalized spacial score (nSPS) is 16.0. The molecule has 12 heavy (non-hydrogen) atoms. The molecule has 2 atom stereocenters. The standard InChI is InChI=1S/2C4H10S2/c1-3-4(2,5)6;1-3(5)4(2)6/h5-6H,3H2,1-2H3;3-6H,1-2H3. The summed E-state index contributed by atoms with van der Waals surface area (Å²) in [6, 6.07) is 0. The zero-order valence-electron chi connectivity index (χ0n) is 8.15. The molecule has 0 aromatic rings. The molecule has 0 radical (unpaired) electrons. The Balaban J connectivity index is 0. The third-order valence-electron chi connectivity index (χ3n) is 1.37. The largest absolute Gasteiger partial charge is 0.175 e. The van der Waals surface area contributed by atoms with Crippen molar-refractivity contribution in [3.63, 3.8) is 0 Å². The summed E-state index contributed by atoms with van der Waals surface area (Å²) < 4.78 is -0.0694. The van der Waals surface area contributed by atoms with Crippen molar-refractivity contribution < 1.29 is 0 Å². The predicted octanol–water partition coefficient (Wildman–Crippen LogP) is 3.60. The van der Waals surface area contributed by atoms with E-state index in [2.05, 4.69) is 57.4 Å². The number of rotatable bonds is 2. The van der Waals surface area contributed by atoms with E-state index in [1.807, 2.05) is 20.8 Å². The molecule has 0 aromatic carbocycles. The Morgan fingerprint density at radius 2 is 1.25 bits per heavy atom. The second kappa shape index (κ2) is 7.77. The first kappa shape index (κ1) is 15.9. The van der Waals surface area contributed by atoms with E-state index in [1.54, 1.807) is 0 Å². The lowest BCUT2D eigenvalue weighted by Crippen LogP contribution is -2.04. The molecular weight excluding hydrogens is 224 g/mol. The molecule has 0 aliphatic rings. The van der Waals surface area contributed by atoms with Crippen molar-refractivity contribution in [1.82, 2.24) is 0 Å². The molecule has 0 spiro atoms. The van der Waals surface area contributed by atoms with E-state index in [0.717, 1.165) is 6.42 Å². The summed E-state index contributed by atoms with van der Waals surface area (Å²) in [6.45, 7) is 8.08. The topological polar surface area (TPSA) is 0 Å². The van der Waals surface area contributed by atoms with Crippen LogP contribution in [0, 0.1) is 0 Å². The number of thiol groups is 4. The molecule has 0 rings (SSSR count). The SMILES string of the molecule is CC(S)C(C)S.CCC(C)(S)S. The van der Waals surface area contributed by atoms with Crippen molar-refractivity contribution >= 4 is 50.5 Å². The molecule has 0 aliphatic heterocycles. The summed E-state index contributed by atoms with van der Waals surface area (Å²) in [5.41, 5.74) is 0. The molecule has 4 heteroatoms. The minimum absolute atomic E-state index is 0.0694. The van der Waals surface area contributed by atoms with Crippen LogP contribution in [-0.4, -0.2) is 14.6 Å². The third kappa shape index (κ3) is 17.5. The van der Waals surface area contributed by atoms with Crippen molar-refractivity contribution in [3.05, 3.63) is 0 Å². The minimum Gasteiger partial charge on any atom is -0.175 e. The molecule has 0 bridgehead atoms. The van der Waals surface area contributed by atoms with Gasteiger partial charge in [0.25, 0.3) is 0 Å². The molecule has 0 aromatic heterocycles. The average Bonchev–Trinajstić information content (AvgIpc) is 1.87. The summed E-state index contributed by atoms with van der Waals surface area (Å²) in [6.07, 6.45) is 0.999. The van der Waals surface area contributed by atoms with Gasteiger partial charge >= 0.3 is 0 Å². The fourth-order valence-electron chi connectivity index (χ4n) is 0.